The molecule has 1 aliphatic rings. The lowest BCUT2D eigenvalue weighted by molar-refractivity contribution is -0.140. The molecular formula is C22H33NO6. The van der Waals surface area contributed by atoms with Crippen molar-refractivity contribution in [3.05, 3.63) is 29.8 Å². The molecule has 1 atom stereocenters. The summed E-state index contributed by atoms with van der Waals surface area (Å²) in [6.45, 7) is 5.79. The maximum atomic E-state index is 11.9. The first-order valence-electron chi connectivity index (χ1n) is 10.1. The van der Waals surface area contributed by atoms with Crippen molar-refractivity contribution >= 4 is 12.1 Å². The fraction of sp³-hybridized carbons (Fsp3) is 0.636. The number of carboxylic acid groups (broad SMARTS) is 1. The van der Waals surface area contributed by atoms with E-state index in [0.717, 1.165) is 37.0 Å². The second kappa shape index (κ2) is 10.5. The highest BCUT2D eigenvalue weighted by atomic mass is 16.6. The fourth-order valence-electron chi connectivity index (χ4n) is 3.47. The fourth-order valence-corrected chi connectivity index (χ4v) is 3.47. The van der Waals surface area contributed by atoms with Gasteiger partial charge in [-0.25, -0.2) is 9.59 Å². The lowest BCUT2D eigenvalue weighted by Crippen LogP contribution is -2.44. The third-order valence-electron chi connectivity index (χ3n) is 5.00. The van der Waals surface area contributed by atoms with E-state index in [4.69, 9.17) is 14.2 Å². The monoisotopic (exact) mass is 407 g/mol. The van der Waals surface area contributed by atoms with E-state index < -0.39 is 23.7 Å². The van der Waals surface area contributed by atoms with Crippen molar-refractivity contribution in [2.24, 2.45) is 5.92 Å². The maximum absolute atomic E-state index is 11.9. The molecule has 7 nitrogen and oxygen atoms in total. The second-order valence-corrected chi connectivity index (χ2v) is 8.57. The number of carboxylic acids is 1. The minimum atomic E-state index is -1.03. The summed E-state index contributed by atoms with van der Waals surface area (Å²) < 4.78 is 16.3. The van der Waals surface area contributed by atoms with Gasteiger partial charge in [0.25, 0.3) is 0 Å². The average molecular weight is 408 g/mol. The number of nitrogens with one attached hydrogen (secondary N) is 1. The topological polar surface area (TPSA) is 94.1 Å². The van der Waals surface area contributed by atoms with E-state index in [9.17, 15) is 14.7 Å². The van der Waals surface area contributed by atoms with Crippen LogP contribution in [0.5, 0.6) is 5.75 Å². The summed E-state index contributed by atoms with van der Waals surface area (Å²) in [7, 11) is 1.64. The first-order chi connectivity index (χ1) is 13.7. The van der Waals surface area contributed by atoms with Crippen LogP contribution in [0, 0.1) is 5.92 Å². The quantitative estimate of drug-likeness (QED) is 0.673. The standard InChI is InChI=1S/C22H33NO6/c1-22(2,3)29-21(26)23-19(20(24)25)13-15-5-11-18(12-6-15)28-14-16-7-9-17(27-4)10-8-16/h7-10,15,18-19H,5-6,11-14H2,1-4H3,(H,23,26)(H,24,25)/t15-,18-,19-/m0/s1. The summed E-state index contributed by atoms with van der Waals surface area (Å²) in [4.78, 5) is 23.4. The van der Waals surface area contributed by atoms with Crippen molar-refractivity contribution in [2.75, 3.05) is 7.11 Å². The van der Waals surface area contributed by atoms with Gasteiger partial charge < -0.3 is 24.6 Å². The molecule has 1 amide bonds. The number of amides is 1. The van der Waals surface area contributed by atoms with E-state index in [1.54, 1.807) is 27.9 Å². The summed E-state index contributed by atoms with van der Waals surface area (Å²) in [5.41, 5.74) is 0.437. The molecule has 2 N–H and O–H groups in total. The van der Waals surface area contributed by atoms with E-state index in [1.807, 2.05) is 24.3 Å². The number of ether oxygens (including phenoxy) is 3. The third-order valence-corrected chi connectivity index (χ3v) is 5.00. The van der Waals surface area contributed by atoms with Gasteiger partial charge in [-0.2, -0.15) is 0 Å². The number of hydrogen-bond acceptors (Lipinski definition) is 5. The zero-order valence-corrected chi connectivity index (χ0v) is 17.8. The van der Waals surface area contributed by atoms with Crippen LogP contribution in [0.15, 0.2) is 24.3 Å². The Bertz CT molecular complexity index is 659. The van der Waals surface area contributed by atoms with E-state index in [0.29, 0.717) is 13.0 Å². The molecule has 2 rings (SSSR count). The maximum Gasteiger partial charge on any atom is 0.408 e. The van der Waals surface area contributed by atoms with Crippen LogP contribution in [-0.4, -0.2) is 42.0 Å². The van der Waals surface area contributed by atoms with Crippen LogP contribution in [0.2, 0.25) is 0 Å². The Labute approximate surface area is 172 Å². The van der Waals surface area contributed by atoms with Gasteiger partial charge in [0.15, 0.2) is 0 Å². The average Bonchev–Trinajstić information content (AvgIpc) is 2.65. The Morgan fingerprint density at radius 1 is 1.14 bits per heavy atom. The van der Waals surface area contributed by atoms with Gasteiger partial charge in [-0.1, -0.05) is 12.1 Å². The van der Waals surface area contributed by atoms with Crippen molar-refractivity contribution in [1.29, 1.82) is 0 Å². The van der Waals surface area contributed by atoms with Gasteiger partial charge in [-0.3, -0.25) is 0 Å². The Balaban J connectivity index is 1.75. The van der Waals surface area contributed by atoms with Crippen molar-refractivity contribution in [3.63, 3.8) is 0 Å². The lowest BCUT2D eigenvalue weighted by Gasteiger charge is -2.30. The van der Waals surface area contributed by atoms with Crippen LogP contribution in [0.4, 0.5) is 4.79 Å². The highest BCUT2D eigenvalue weighted by Crippen LogP contribution is 2.30. The van der Waals surface area contributed by atoms with Gasteiger partial charge in [0, 0.05) is 0 Å². The van der Waals surface area contributed by atoms with E-state index in [-0.39, 0.29) is 12.0 Å². The molecule has 0 spiro atoms. The molecule has 0 aliphatic heterocycles. The van der Waals surface area contributed by atoms with Gasteiger partial charge >= 0.3 is 12.1 Å². The molecule has 1 saturated carbocycles. The molecule has 0 saturated heterocycles. The van der Waals surface area contributed by atoms with Gasteiger partial charge in [-0.05, 0) is 76.5 Å². The van der Waals surface area contributed by atoms with E-state index >= 15 is 0 Å². The molecule has 0 radical (unpaired) electrons. The number of benzene rings is 1. The third kappa shape index (κ3) is 8.31. The predicted molar refractivity (Wildman–Crippen MR) is 109 cm³/mol. The molecular weight excluding hydrogens is 374 g/mol. The summed E-state index contributed by atoms with van der Waals surface area (Å²) in [6.07, 6.45) is 3.43. The first-order valence-corrected chi connectivity index (χ1v) is 10.1. The molecule has 1 fully saturated rings. The van der Waals surface area contributed by atoms with Crippen LogP contribution in [0.1, 0.15) is 58.4 Å². The number of methoxy groups -OCH3 is 1. The molecule has 7 heteroatoms. The number of rotatable bonds is 8. The van der Waals surface area contributed by atoms with Gasteiger partial charge in [0.05, 0.1) is 19.8 Å². The Kier molecular flexibility index (Phi) is 8.32. The first kappa shape index (κ1) is 23.0. The molecule has 1 aliphatic carbocycles. The SMILES string of the molecule is COc1ccc(CO[C@H]2CC[C@H](C[C@H](NC(=O)OC(C)(C)C)C(=O)O)CC2)cc1. The van der Waals surface area contributed by atoms with Crippen LogP contribution in [-0.2, 0) is 20.9 Å². The zero-order valence-electron chi connectivity index (χ0n) is 17.8. The van der Waals surface area contributed by atoms with Crippen molar-refractivity contribution in [1.82, 2.24) is 5.32 Å². The normalized spacial score (nSPS) is 20.6. The van der Waals surface area contributed by atoms with E-state index in [1.165, 1.54) is 0 Å². The second-order valence-electron chi connectivity index (χ2n) is 8.57. The van der Waals surface area contributed by atoms with Crippen LogP contribution in [0.25, 0.3) is 0 Å². The summed E-state index contributed by atoms with van der Waals surface area (Å²) in [5.74, 6) is 0.0304. The Morgan fingerprint density at radius 3 is 2.28 bits per heavy atom. The Hall–Kier alpha value is -2.28. The minimum Gasteiger partial charge on any atom is -0.497 e. The number of carbonyl (C=O) groups is 2. The number of carbonyl (C=O) groups excluding carboxylic acids is 1. The van der Waals surface area contributed by atoms with E-state index in [2.05, 4.69) is 5.32 Å². The molecule has 0 unspecified atom stereocenters. The largest absolute Gasteiger partial charge is 0.497 e. The molecule has 0 bridgehead atoms. The van der Waals surface area contributed by atoms with Crippen LogP contribution >= 0.6 is 0 Å². The predicted octanol–water partition coefficient (Wildman–Crippen LogP) is 4.14. The van der Waals surface area contributed by atoms with Crippen molar-refractivity contribution in [2.45, 2.75) is 77.2 Å². The Morgan fingerprint density at radius 2 is 1.76 bits per heavy atom. The highest BCUT2D eigenvalue weighted by Gasteiger charge is 2.29. The summed E-state index contributed by atoms with van der Waals surface area (Å²) >= 11 is 0. The molecule has 1 aromatic carbocycles. The molecule has 1 aromatic rings. The smallest absolute Gasteiger partial charge is 0.408 e. The summed E-state index contributed by atoms with van der Waals surface area (Å²) in [5, 5.41) is 11.9. The van der Waals surface area contributed by atoms with Crippen molar-refractivity contribution in [3.8, 4) is 5.75 Å². The molecule has 0 aromatic heterocycles. The lowest BCUT2D eigenvalue weighted by atomic mass is 9.83. The van der Waals surface area contributed by atoms with Crippen LogP contribution < -0.4 is 10.1 Å². The summed E-state index contributed by atoms with van der Waals surface area (Å²) in [6, 6.07) is 6.87. The van der Waals surface area contributed by atoms with Gasteiger partial charge in [0.1, 0.15) is 17.4 Å². The van der Waals surface area contributed by atoms with Gasteiger partial charge in [-0.15, -0.1) is 0 Å². The number of alkyl carbamates (subject to hydrolysis) is 1. The molecule has 0 heterocycles. The number of hydrogen-bond donors (Lipinski definition) is 2. The van der Waals surface area contributed by atoms with Crippen molar-refractivity contribution < 1.29 is 28.9 Å². The van der Waals surface area contributed by atoms with Gasteiger partial charge in [0.2, 0.25) is 0 Å². The molecule has 29 heavy (non-hydrogen) atoms. The zero-order chi connectivity index (χ0) is 21.4. The highest BCUT2D eigenvalue weighted by molar-refractivity contribution is 5.80. The number of aliphatic carboxylic acids is 1. The minimum absolute atomic E-state index is 0.176. The van der Waals surface area contributed by atoms with Crippen LogP contribution in [0.3, 0.4) is 0 Å². The molecule has 162 valence electrons.